The number of esters is 2. The number of aliphatic hydroxyl groups is 2. The molecule has 0 aromatic heterocycles. The van der Waals surface area contributed by atoms with E-state index in [9.17, 15) is 29.4 Å². The Kier molecular flexibility index (Phi) is 16.8. The fraction of sp³-hybridized carbons (Fsp3) is 0.404. The van der Waals surface area contributed by atoms with Crippen LogP contribution in [-0.2, 0) is 35.1 Å². The molecule has 8 unspecified atom stereocenters. The molecule has 7 rings (SSSR count). The van der Waals surface area contributed by atoms with E-state index in [1.807, 2.05) is 157 Å². The van der Waals surface area contributed by atoms with Gasteiger partial charge in [0.25, 0.3) is 0 Å². The van der Waals surface area contributed by atoms with Crippen molar-refractivity contribution in [1.82, 2.24) is 14.7 Å². The van der Waals surface area contributed by atoms with Crippen molar-refractivity contribution in [3.63, 3.8) is 0 Å². The average molecular weight is 954 g/mol. The molecule has 2 heterocycles. The van der Waals surface area contributed by atoms with Crippen LogP contribution in [0.15, 0.2) is 152 Å². The van der Waals surface area contributed by atoms with Gasteiger partial charge in [0.05, 0.1) is 12.2 Å². The first-order valence-corrected chi connectivity index (χ1v) is 24.2. The fourth-order valence-corrected chi connectivity index (χ4v) is 9.35. The molecule has 13 heteroatoms. The molecule has 2 aliphatic rings. The first-order valence-electron chi connectivity index (χ1n) is 24.2. The van der Waals surface area contributed by atoms with Crippen LogP contribution in [0.3, 0.4) is 0 Å². The SMILES string of the molecule is CC(C)(C)OC(=O)N1C(CCC(O)CN(Cc2ccccc2)CC(O)CCC2C(=O)OC(c3ccccc3)C(c3ccccc3)N2C(=O)OC(C)(C)C)C(=O)OC(c2ccccc2)C1c1ccccc1. The summed E-state index contributed by atoms with van der Waals surface area (Å²) in [5.41, 5.74) is 2.15. The van der Waals surface area contributed by atoms with Crippen molar-refractivity contribution in [3.8, 4) is 0 Å². The molecule has 70 heavy (non-hydrogen) atoms. The molecular weight excluding hydrogens is 887 g/mol. The van der Waals surface area contributed by atoms with Gasteiger partial charge in [0, 0.05) is 19.6 Å². The third kappa shape index (κ3) is 13.4. The van der Waals surface area contributed by atoms with Crippen LogP contribution in [0.4, 0.5) is 9.59 Å². The number of carbonyl (C=O) groups is 4. The van der Waals surface area contributed by atoms with Gasteiger partial charge >= 0.3 is 24.1 Å². The quantitative estimate of drug-likeness (QED) is 0.0717. The molecule has 0 saturated carbocycles. The second kappa shape index (κ2) is 22.9. The minimum absolute atomic E-state index is 0.0582. The number of amides is 2. The molecule has 2 aliphatic heterocycles. The Hall–Kier alpha value is -6.54. The minimum Gasteiger partial charge on any atom is -0.453 e. The largest absolute Gasteiger partial charge is 0.453 e. The smallest absolute Gasteiger partial charge is 0.411 e. The van der Waals surface area contributed by atoms with Crippen molar-refractivity contribution in [2.75, 3.05) is 13.1 Å². The van der Waals surface area contributed by atoms with Crippen LogP contribution in [-0.4, -0.2) is 97.6 Å². The van der Waals surface area contributed by atoms with Gasteiger partial charge < -0.3 is 29.2 Å². The highest BCUT2D eigenvalue weighted by Gasteiger charge is 2.50. The lowest BCUT2D eigenvalue weighted by molar-refractivity contribution is -0.175. The molecule has 2 saturated heterocycles. The predicted octanol–water partition coefficient (Wildman–Crippen LogP) is 10.1. The molecule has 0 bridgehead atoms. The van der Waals surface area contributed by atoms with Crippen molar-refractivity contribution in [2.24, 2.45) is 0 Å². The van der Waals surface area contributed by atoms with E-state index in [0.717, 1.165) is 27.8 Å². The zero-order valence-electron chi connectivity index (χ0n) is 41.0. The van der Waals surface area contributed by atoms with E-state index < -0.39 is 83.9 Å². The van der Waals surface area contributed by atoms with E-state index >= 15 is 0 Å². The summed E-state index contributed by atoms with van der Waals surface area (Å²) in [7, 11) is 0. The summed E-state index contributed by atoms with van der Waals surface area (Å²) in [6.45, 7) is 11.2. The van der Waals surface area contributed by atoms with Crippen LogP contribution in [0.25, 0.3) is 0 Å². The second-order valence-electron chi connectivity index (χ2n) is 20.2. The highest BCUT2D eigenvalue weighted by molar-refractivity contribution is 5.84. The molecule has 5 aromatic rings. The van der Waals surface area contributed by atoms with Crippen molar-refractivity contribution in [1.29, 1.82) is 0 Å². The van der Waals surface area contributed by atoms with Gasteiger partial charge in [-0.2, -0.15) is 0 Å². The van der Waals surface area contributed by atoms with Crippen LogP contribution < -0.4 is 0 Å². The normalized spacial score (nSPS) is 21.6. The summed E-state index contributed by atoms with van der Waals surface area (Å²) in [4.78, 5) is 61.8. The van der Waals surface area contributed by atoms with E-state index in [0.29, 0.717) is 6.54 Å². The first-order chi connectivity index (χ1) is 33.5. The van der Waals surface area contributed by atoms with Crippen LogP contribution in [0.1, 0.15) is 119 Å². The number of aliphatic hydroxyl groups excluding tert-OH is 2. The molecule has 5 aromatic carbocycles. The Labute approximate surface area is 411 Å². The number of hydrogen-bond acceptors (Lipinski definition) is 11. The molecule has 0 radical (unpaired) electrons. The number of cyclic esters (lactones) is 2. The molecule has 0 aliphatic carbocycles. The van der Waals surface area contributed by atoms with Crippen molar-refractivity contribution in [3.05, 3.63) is 179 Å². The number of rotatable bonds is 16. The van der Waals surface area contributed by atoms with E-state index in [-0.39, 0.29) is 38.8 Å². The monoisotopic (exact) mass is 953 g/mol. The Morgan fingerprint density at radius 3 is 1.17 bits per heavy atom. The molecule has 2 fully saturated rings. The molecule has 8 atom stereocenters. The average Bonchev–Trinajstić information content (AvgIpc) is 3.32. The molecule has 2 N–H and O–H groups in total. The van der Waals surface area contributed by atoms with Gasteiger partial charge in [0.1, 0.15) is 35.4 Å². The van der Waals surface area contributed by atoms with Crippen molar-refractivity contribution >= 4 is 24.1 Å². The lowest BCUT2D eigenvalue weighted by Gasteiger charge is -2.45. The third-order valence-electron chi connectivity index (χ3n) is 12.4. The number of carbonyl (C=O) groups excluding carboxylic acids is 4. The van der Waals surface area contributed by atoms with Crippen LogP contribution >= 0.6 is 0 Å². The van der Waals surface area contributed by atoms with Gasteiger partial charge in [-0.1, -0.05) is 152 Å². The number of nitrogens with zero attached hydrogens (tertiary/aromatic N) is 3. The van der Waals surface area contributed by atoms with Gasteiger partial charge in [-0.25, -0.2) is 19.2 Å². The zero-order chi connectivity index (χ0) is 50.0. The summed E-state index contributed by atoms with van der Waals surface area (Å²) in [6.07, 6.45) is -4.71. The van der Waals surface area contributed by atoms with E-state index in [2.05, 4.69) is 0 Å². The molecule has 0 spiro atoms. The van der Waals surface area contributed by atoms with E-state index in [4.69, 9.17) is 18.9 Å². The van der Waals surface area contributed by atoms with Crippen molar-refractivity contribution < 1.29 is 48.3 Å². The minimum atomic E-state index is -1.09. The lowest BCUT2D eigenvalue weighted by Crippen LogP contribution is -2.55. The highest BCUT2D eigenvalue weighted by Crippen LogP contribution is 2.45. The second-order valence-corrected chi connectivity index (χ2v) is 20.2. The Bertz CT molecular complexity index is 2310. The predicted molar refractivity (Wildman–Crippen MR) is 265 cm³/mol. The van der Waals surface area contributed by atoms with Gasteiger partial charge in [-0.15, -0.1) is 0 Å². The fourth-order valence-electron chi connectivity index (χ4n) is 9.35. The number of morpholine rings is 2. The number of ether oxygens (including phenoxy) is 4. The topological polar surface area (TPSA) is 155 Å². The van der Waals surface area contributed by atoms with Gasteiger partial charge in [0.15, 0.2) is 12.2 Å². The zero-order valence-corrected chi connectivity index (χ0v) is 41.0. The third-order valence-corrected chi connectivity index (χ3v) is 12.4. The molecular formula is C57H67N3O10. The Morgan fingerprint density at radius 2 is 0.843 bits per heavy atom. The lowest BCUT2D eigenvalue weighted by atomic mass is 9.90. The first kappa shape index (κ1) is 51.3. The van der Waals surface area contributed by atoms with Crippen LogP contribution in [0.5, 0.6) is 0 Å². The summed E-state index contributed by atoms with van der Waals surface area (Å²) in [5.74, 6) is -1.22. The van der Waals surface area contributed by atoms with Gasteiger partial charge in [-0.3, -0.25) is 14.7 Å². The summed E-state index contributed by atoms with van der Waals surface area (Å²) >= 11 is 0. The Balaban J connectivity index is 1.10. The maximum absolute atomic E-state index is 14.3. The number of benzene rings is 5. The maximum atomic E-state index is 14.3. The van der Waals surface area contributed by atoms with E-state index in [1.165, 1.54) is 9.80 Å². The van der Waals surface area contributed by atoms with E-state index in [1.54, 1.807) is 41.5 Å². The number of hydrogen-bond donors (Lipinski definition) is 2. The molecule has 13 nitrogen and oxygen atoms in total. The molecule has 2 amide bonds. The summed E-state index contributed by atoms with van der Waals surface area (Å²) in [6, 6.07) is 43.4. The van der Waals surface area contributed by atoms with Gasteiger partial charge in [0.2, 0.25) is 0 Å². The molecule has 370 valence electrons. The Morgan fingerprint density at radius 1 is 0.529 bits per heavy atom. The summed E-state index contributed by atoms with van der Waals surface area (Å²) < 4.78 is 24.4. The van der Waals surface area contributed by atoms with Crippen LogP contribution in [0, 0.1) is 0 Å². The van der Waals surface area contributed by atoms with Crippen LogP contribution in [0.2, 0.25) is 0 Å². The maximum Gasteiger partial charge on any atom is 0.411 e. The highest BCUT2D eigenvalue weighted by atomic mass is 16.6. The summed E-state index contributed by atoms with van der Waals surface area (Å²) in [5, 5.41) is 23.7. The van der Waals surface area contributed by atoms with Crippen molar-refractivity contribution in [2.45, 2.75) is 134 Å². The van der Waals surface area contributed by atoms with Gasteiger partial charge in [-0.05, 0) is 95.0 Å². The standard InChI is InChI=1S/C57H67N3O10/c1-56(2,3)69-54(65)59-46(52(63)67-50(42-28-18-10-19-29-42)48(59)40-24-14-8-15-25-40)34-32-44(61)37-58(36-39-22-12-7-13-23-39)38-45(62)33-35-47-53(64)68-51(43-30-20-11-21-31-43)49(41-26-16-9-17-27-41)60(47)55(66)70-57(4,5)6/h7-31,44-51,61-62H,32-38H2,1-6H3.